The highest BCUT2D eigenvalue weighted by molar-refractivity contribution is 5.36. The predicted octanol–water partition coefficient (Wildman–Crippen LogP) is 3.42. The fraction of sp³-hybridized carbons (Fsp3) is 0.350. The molecule has 1 atom stereocenters. The number of nitro benzene ring substituents is 1. The Labute approximate surface area is 153 Å². The van der Waals surface area contributed by atoms with Crippen molar-refractivity contribution in [2.75, 3.05) is 6.61 Å². The molecule has 0 radical (unpaired) electrons. The van der Waals surface area contributed by atoms with E-state index >= 15 is 0 Å². The molecule has 26 heavy (non-hydrogen) atoms. The van der Waals surface area contributed by atoms with Crippen molar-refractivity contribution in [1.82, 2.24) is 0 Å². The van der Waals surface area contributed by atoms with Gasteiger partial charge in [-0.3, -0.25) is 10.1 Å². The Kier molecular flexibility index (Phi) is 6.84. The van der Waals surface area contributed by atoms with E-state index in [0.717, 1.165) is 30.4 Å². The minimum atomic E-state index is -0.670. The summed E-state index contributed by atoms with van der Waals surface area (Å²) in [5, 5.41) is 29.1. The largest absolute Gasteiger partial charge is 0.396 e. The van der Waals surface area contributed by atoms with Gasteiger partial charge in [0.1, 0.15) is 0 Å². The van der Waals surface area contributed by atoms with Gasteiger partial charge in [0, 0.05) is 24.3 Å². The first-order valence-electron chi connectivity index (χ1n) is 8.62. The number of nitro groups is 1. The van der Waals surface area contributed by atoms with E-state index in [1.807, 2.05) is 12.1 Å². The first-order valence-corrected chi connectivity index (χ1v) is 8.62. The van der Waals surface area contributed by atoms with Crippen molar-refractivity contribution < 1.29 is 10.0 Å². The summed E-state index contributed by atoms with van der Waals surface area (Å²) in [6, 6.07) is 15.9. The number of aliphatic hydroxyl groups is 1. The Hall–Kier alpha value is -2.75. The average molecular weight is 353 g/mol. The average Bonchev–Trinajstić information content (AvgIpc) is 2.66. The zero-order valence-corrected chi connectivity index (χ0v) is 14.6. The van der Waals surface area contributed by atoms with Crippen molar-refractivity contribution >= 4 is 5.69 Å². The molecule has 3 N–H and O–H groups in total. The number of unbranched alkanes of at least 4 members (excludes halogenated alkanes) is 1. The topological polar surface area (TPSA) is 113 Å². The van der Waals surface area contributed by atoms with Gasteiger partial charge in [-0.05, 0) is 48.9 Å². The van der Waals surface area contributed by atoms with Gasteiger partial charge in [0.2, 0.25) is 0 Å². The van der Waals surface area contributed by atoms with E-state index < -0.39 is 10.5 Å². The third kappa shape index (κ3) is 5.12. The van der Waals surface area contributed by atoms with Crippen LogP contribution in [0.5, 0.6) is 0 Å². The highest BCUT2D eigenvalue weighted by Gasteiger charge is 2.26. The lowest BCUT2D eigenvalue weighted by Gasteiger charge is -2.30. The molecule has 6 nitrogen and oxygen atoms in total. The van der Waals surface area contributed by atoms with Crippen LogP contribution in [0.3, 0.4) is 0 Å². The summed E-state index contributed by atoms with van der Waals surface area (Å²) < 4.78 is 0. The maximum absolute atomic E-state index is 10.7. The van der Waals surface area contributed by atoms with Gasteiger partial charge >= 0.3 is 0 Å². The van der Waals surface area contributed by atoms with Crippen LogP contribution in [-0.4, -0.2) is 16.6 Å². The smallest absolute Gasteiger partial charge is 0.269 e. The molecule has 6 heteroatoms. The van der Waals surface area contributed by atoms with Crippen molar-refractivity contribution in [2.24, 2.45) is 5.73 Å². The number of benzene rings is 2. The molecule has 2 aromatic rings. The Morgan fingerprint density at radius 1 is 1.15 bits per heavy atom. The molecule has 0 saturated heterocycles. The van der Waals surface area contributed by atoms with Gasteiger partial charge < -0.3 is 10.8 Å². The number of aliphatic hydroxyl groups excluding tert-OH is 1. The third-order valence-electron chi connectivity index (χ3n) is 4.61. The maximum Gasteiger partial charge on any atom is 0.269 e. The summed E-state index contributed by atoms with van der Waals surface area (Å²) in [7, 11) is 0. The number of aryl methyl sites for hydroxylation is 1. The predicted molar refractivity (Wildman–Crippen MR) is 99.4 cm³/mol. The molecular formula is C20H23N3O3. The summed E-state index contributed by atoms with van der Waals surface area (Å²) in [4.78, 5) is 10.3. The Morgan fingerprint density at radius 3 is 2.50 bits per heavy atom. The van der Waals surface area contributed by atoms with Crippen LogP contribution < -0.4 is 5.73 Å². The van der Waals surface area contributed by atoms with E-state index in [2.05, 4.69) is 6.07 Å². The highest BCUT2D eigenvalue weighted by atomic mass is 16.6. The standard InChI is InChI=1S/C20H23N3O3/c21-15-17-5-3-6-18(14-17)20(22,12-13-24)11-2-1-4-16-7-9-19(10-8-16)23(25)26/h3,5-10,14,24H,1-2,4,11-13,22H2. The van der Waals surface area contributed by atoms with Gasteiger partial charge in [-0.2, -0.15) is 5.26 Å². The molecule has 0 saturated carbocycles. The molecular weight excluding hydrogens is 330 g/mol. The van der Waals surface area contributed by atoms with Crippen molar-refractivity contribution in [3.8, 4) is 6.07 Å². The molecule has 0 aliphatic rings. The third-order valence-corrected chi connectivity index (χ3v) is 4.61. The zero-order chi connectivity index (χ0) is 19.0. The normalized spacial score (nSPS) is 13.0. The van der Waals surface area contributed by atoms with Crippen molar-refractivity contribution in [3.63, 3.8) is 0 Å². The molecule has 0 aliphatic carbocycles. The van der Waals surface area contributed by atoms with Crippen LogP contribution in [-0.2, 0) is 12.0 Å². The number of rotatable bonds is 9. The summed E-state index contributed by atoms with van der Waals surface area (Å²) in [5.74, 6) is 0. The van der Waals surface area contributed by atoms with Crippen molar-refractivity contribution in [3.05, 3.63) is 75.3 Å². The van der Waals surface area contributed by atoms with Gasteiger partial charge in [0.15, 0.2) is 0 Å². The second-order valence-corrected chi connectivity index (χ2v) is 6.45. The number of nitrogens with two attached hydrogens (primary N) is 1. The van der Waals surface area contributed by atoms with Crippen LogP contribution in [0.1, 0.15) is 42.4 Å². The van der Waals surface area contributed by atoms with Crippen LogP contribution in [0.25, 0.3) is 0 Å². The van der Waals surface area contributed by atoms with Gasteiger partial charge in [0.25, 0.3) is 5.69 Å². The number of hydrogen-bond donors (Lipinski definition) is 2. The zero-order valence-electron chi connectivity index (χ0n) is 14.6. The molecule has 0 aromatic heterocycles. The van der Waals surface area contributed by atoms with Gasteiger partial charge in [-0.1, -0.05) is 30.7 Å². The quantitative estimate of drug-likeness (QED) is 0.407. The lowest BCUT2D eigenvalue weighted by Crippen LogP contribution is -2.37. The van der Waals surface area contributed by atoms with E-state index in [-0.39, 0.29) is 12.3 Å². The molecule has 0 amide bonds. The number of nitrogens with zero attached hydrogens (tertiary/aromatic N) is 2. The second-order valence-electron chi connectivity index (χ2n) is 6.45. The van der Waals surface area contributed by atoms with E-state index in [0.29, 0.717) is 18.4 Å². The van der Waals surface area contributed by atoms with Gasteiger partial charge in [-0.15, -0.1) is 0 Å². The summed E-state index contributed by atoms with van der Waals surface area (Å²) in [5.41, 5.74) is 8.43. The van der Waals surface area contributed by atoms with Gasteiger partial charge in [0.05, 0.1) is 16.6 Å². The first-order chi connectivity index (χ1) is 12.5. The lowest BCUT2D eigenvalue weighted by atomic mass is 9.82. The maximum atomic E-state index is 10.7. The van der Waals surface area contributed by atoms with E-state index in [1.54, 1.807) is 24.3 Å². The number of nitriles is 1. The molecule has 0 spiro atoms. The minimum Gasteiger partial charge on any atom is -0.396 e. The van der Waals surface area contributed by atoms with Crippen LogP contribution in [0, 0.1) is 21.4 Å². The molecule has 136 valence electrons. The van der Waals surface area contributed by atoms with E-state index in [1.165, 1.54) is 12.1 Å². The fourth-order valence-electron chi connectivity index (χ4n) is 3.07. The van der Waals surface area contributed by atoms with Crippen LogP contribution >= 0.6 is 0 Å². The monoisotopic (exact) mass is 353 g/mol. The molecule has 0 bridgehead atoms. The van der Waals surface area contributed by atoms with Gasteiger partial charge in [-0.25, -0.2) is 0 Å². The lowest BCUT2D eigenvalue weighted by molar-refractivity contribution is -0.384. The molecule has 0 heterocycles. The summed E-state index contributed by atoms with van der Waals surface area (Å²) in [6.07, 6.45) is 3.67. The van der Waals surface area contributed by atoms with Crippen LogP contribution in [0.15, 0.2) is 48.5 Å². The molecule has 0 aliphatic heterocycles. The summed E-state index contributed by atoms with van der Waals surface area (Å²) >= 11 is 0. The SMILES string of the molecule is N#Cc1cccc(C(N)(CCO)CCCCc2ccc([N+](=O)[O-])cc2)c1. The van der Waals surface area contributed by atoms with Crippen LogP contribution in [0.4, 0.5) is 5.69 Å². The molecule has 2 aromatic carbocycles. The van der Waals surface area contributed by atoms with Crippen molar-refractivity contribution in [2.45, 2.75) is 37.6 Å². The minimum absolute atomic E-state index is 0.0182. The Morgan fingerprint density at radius 2 is 1.88 bits per heavy atom. The Bertz CT molecular complexity index is 784. The molecule has 2 rings (SSSR count). The number of hydrogen-bond acceptors (Lipinski definition) is 5. The number of non-ortho nitro benzene ring substituents is 1. The first kappa shape index (κ1) is 19.6. The second kappa shape index (κ2) is 9.09. The molecule has 0 fully saturated rings. The van der Waals surface area contributed by atoms with E-state index in [9.17, 15) is 15.2 Å². The summed E-state index contributed by atoms with van der Waals surface area (Å²) in [6.45, 7) is -0.0182. The molecule has 1 unspecified atom stereocenters. The van der Waals surface area contributed by atoms with Crippen molar-refractivity contribution in [1.29, 1.82) is 5.26 Å². The fourth-order valence-corrected chi connectivity index (χ4v) is 3.07. The van der Waals surface area contributed by atoms with Crippen LogP contribution in [0.2, 0.25) is 0 Å². The highest BCUT2D eigenvalue weighted by Crippen LogP contribution is 2.29. The van der Waals surface area contributed by atoms with E-state index in [4.69, 9.17) is 11.0 Å². The Balaban J connectivity index is 1.95.